The van der Waals surface area contributed by atoms with Gasteiger partial charge in [0.15, 0.2) is 0 Å². The van der Waals surface area contributed by atoms with E-state index in [4.69, 9.17) is 4.74 Å². The molecular formula is C20H22N6O. The summed E-state index contributed by atoms with van der Waals surface area (Å²) in [5.41, 5.74) is 3.09. The summed E-state index contributed by atoms with van der Waals surface area (Å²) in [7, 11) is 0. The van der Waals surface area contributed by atoms with Crippen molar-refractivity contribution in [3.63, 3.8) is 0 Å². The Morgan fingerprint density at radius 2 is 2.33 bits per heavy atom. The van der Waals surface area contributed by atoms with Gasteiger partial charge in [-0.2, -0.15) is 10.4 Å². The summed E-state index contributed by atoms with van der Waals surface area (Å²) in [6.07, 6.45) is 7.63. The molecule has 1 atom stereocenters. The van der Waals surface area contributed by atoms with E-state index in [1.165, 1.54) is 12.8 Å². The highest BCUT2D eigenvalue weighted by atomic mass is 16.5. The van der Waals surface area contributed by atoms with E-state index in [0.717, 1.165) is 35.6 Å². The molecule has 0 spiro atoms. The zero-order chi connectivity index (χ0) is 18.6. The lowest BCUT2D eigenvalue weighted by Crippen LogP contribution is -2.29. The molecule has 0 radical (unpaired) electrons. The average Bonchev–Trinajstić information content (AvgIpc) is 3.36. The minimum Gasteiger partial charge on any atom is -0.492 e. The Bertz CT molecular complexity index is 967. The second-order valence-corrected chi connectivity index (χ2v) is 6.59. The molecule has 1 fully saturated rings. The van der Waals surface area contributed by atoms with Crippen LogP contribution >= 0.6 is 0 Å². The van der Waals surface area contributed by atoms with E-state index in [9.17, 15) is 5.26 Å². The first-order valence-electron chi connectivity index (χ1n) is 9.26. The fourth-order valence-corrected chi connectivity index (χ4v) is 3.46. The van der Waals surface area contributed by atoms with Crippen molar-refractivity contribution >= 4 is 11.3 Å². The molecule has 2 N–H and O–H groups in total. The van der Waals surface area contributed by atoms with Gasteiger partial charge in [0.1, 0.15) is 17.6 Å². The lowest BCUT2D eigenvalue weighted by molar-refractivity contribution is 0.338. The minimum absolute atomic E-state index is 0.513. The number of nitrogens with one attached hydrogen (secondary N) is 2. The molecule has 1 aliphatic heterocycles. The van der Waals surface area contributed by atoms with Crippen molar-refractivity contribution in [2.75, 3.05) is 25.0 Å². The van der Waals surface area contributed by atoms with Gasteiger partial charge >= 0.3 is 0 Å². The third kappa shape index (κ3) is 3.57. The Morgan fingerprint density at radius 3 is 3.04 bits per heavy atom. The topological polar surface area (TPSA) is 87.3 Å². The molecule has 0 amide bonds. The minimum atomic E-state index is 0.513. The van der Waals surface area contributed by atoms with Gasteiger partial charge in [0.05, 0.1) is 30.1 Å². The number of hydrogen-bond acceptors (Lipinski definition) is 6. The summed E-state index contributed by atoms with van der Waals surface area (Å²) in [5, 5.41) is 20.6. The molecule has 0 bridgehead atoms. The molecule has 4 rings (SSSR count). The second kappa shape index (κ2) is 7.64. The van der Waals surface area contributed by atoms with Crippen LogP contribution in [0.5, 0.6) is 5.75 Å². The number of ether oxygens (including phenoxy) is 1. The number of nitriles is 1. The fraction of sp³-hybridized carbons (Fsp3) is 0.350. The van der Waals surface area contributed by atoms with Gasteiger partial charge in [-0.3, -0.25) is 0 Å². The summed E-state index contributed by atoms with van der Waals surface area (Å²) in [6, 6.07) is 8.64. The zero-order valence-electron chi connectivity index (χ0n) is 15.3. The summed E-state index contributed by atoms with van der Waals surface area (Å²) in [5.74, 6) is 1.56. The van der Waals surface area contributed by atoms with Gasteiger partial charge in [0.25, 0.3) is 0 Å². The highest BCUT2D eigenvalue weighted by molar-refractivity contribution is 5.85. The molecule has 138 valence electrons. The van der Waals surface area contributed by atoms with Crippen LogP contribution in [0.3, 0.4) is 0 Å². The zero-order valence-corrected chi connectivity index (χ0v) is 15.3. The van der Waals surface area contributed by atoms with E-state index >= 15 is 0 Å². The molecule has 1 saturated heterocycles. The number of fused-ring (bicyclic) bond motifs is 1. The summed E-state index contributed by atoms with van der Waals surface area (Å²) >= 11 is 0. The number of nitrogens with zero attached hydrogens (tertiary/aromatic N) is 4. The molecule has 0 aliphatic carbocycles. The molecule has 3 aromatic heterocycles. The van der Waals surface area contributed by atoms with Gasteiger partial charge < -0.3 is 15.4 Å². The first-order chi connectivity index (χ1) is 13.3. The second-order valence-electron chi connectivity index (χ2n) is 6.59. The van der Waals surface area contributed by atoms with Crippen LogP contribution in [0.4, 0.5) is 5.82 Å². The molecule has 27 heavy (non-hydrogen) atoms. The van der Waals surface area contributed by atoms with Crippen molar-refractivity contribution in [1.82, 2.24) is 19.9 Å². The van der Waals surface area contributed by atoms with Crippen molar-refractivity contribution in [2.24, 2.45) is 0 Å². The summed E-state index contributed by atoms with van der Waals surface area (Å²) in [4.78, 5) is 4.55. The standard InChI is InChI=1S/C20H22N6O/c1-2-27-17-8-18(20-15(9-21)11-25-26(20)13-17)14-5-6-19(23-10-14)24-12-16-4-3-7-22-16/h5-6,8,10-11,13,16,22H,2-4,7,12H2,1H3,(H,23,24)/t16-/m0/s1. The van der Waals surface area contributed by atoms with Gasteiger partial charge in [0.2, 0.25) is 0 Å². The maximum absolute atomic E-state index is 9.42. The van der Waals surface area contributed by atoms with Gasteiger partial charge in [-0.1, -0.05) is 0 Å². The van der Waals surface area contributed by atoms with E-state index in [1.807, 2.05) is 31.3 Å². The molecule has 0 unspecified atom stereocenters. The van der Waals surface area contributed by atoms with Crippen molar-refractivity contribution in [3.05, 3.63) is 42.4 Å². The SMILES string of the molecule is CCOc1cc(-c2ccc(NC[C@@H]3CCCN3)nc2)c2c(C#N)cnn2c1. The molecule has 0 aromatic carbocycles. The van der Waals surface area contributed by atoms with Crippen LogP contribution in [0, 0.1) is 11.3 Å². The van der Waals surface area contributed by atoms with Gasteiger partial charge in [-0.15, -0.1) is 0 Å². The van der Waals surface area contributed by atoms with Crippen molar-refractivity contribution in [2.45, 2.75) is 25.8 Å². The van der Waals surface area contributed by atoms with E-state index < -0.39 is 0 Å². The van der Waals surface area contributed by atoms with E-state index in [-0.39, 0.29) is 0 Å². The smallest absolute Gasteiger partial charge is 0.138 e. The summed E-state index contributed by atoms with van der Waals surface area (Å²) < 4.78 is 7.35. The monoisotopic (exact) mass is 362 g/mol. The molecular weight excluding hydrogens is 340 g/mol. The Labute approximate surface area is 158 Å². The van der Waals surface area contributed by atoms with Crippen molar-refractivity contribution in [3.8, 4) is 22.9 Å². The number of hydrogen-bond donors (Lipinski definition) is 2. The third-order valence-corrected chi connectivity index (χ3v) is 4.78. The quantitative estimate of drug-likeness (QED) is 0.701. The van der Waals surface area contributed by atoms with E-state index in [2.05, 4.69) is 26.8 Å². The van der Waals surface area contributed by atoms with Crippen LogP contribution in [0.25, 0.3) is 16.6 Å². The number of anilines is 1. The fourth-order valence-electron chi connectivity index (χ4n) is 3.46. The molecule has 3 aromatic rings. The third-order valence-electron chi connectivity index (χ3n) is 4.78. The number of aromatic nitrogens is 3. The van der Waals surface area contributed by atoms with Crippen LogP contribution in [0.1, 0.15) is 25.3 Å². The molecule has 7 nitrogen and oxygen atoms in total. The Hall–Kier alpha value is -3.11. The first kappa shape index (κ1) is 17.3. The largest absolute Gasteiger partial charge is 0.492 e. The van der Waals surface area contributed by atoms with Crippen LogP contribution in [0.15, 0.2) is 36.8 Å². The first-order valence-corrected chi connectivity index (χ1v) is 9.26. The maximum Gasteiger partial charge on any atom is 0.138 e. The van der Waals surface area contributed by atoms with Crippen LogP contribution in [-0.2, 0) is 0 Å². The predicted octanol–water partition coefficient (Wildman–Crippen LogP) is 2.83. The lowest BCUT2D eigenvalue weighted by atomic mass is 10.1. The van der Waals surface area contributed by atoms with E-state index in [0.29, 0.717) is 24.0 Å². The van der Waals surface area contributed by atoms with Crippen LogP contribution < -0.4 is 15.4 Å². The average molecular weight is 362 g/mol. The van der Waals surface area contributed by atoms with Crippen molar-refractivity contribution < 1.29 is 4.74 Å². The molecule has 1 aliphatic rings. The van der Waals surface area contributed by atoms with Crippen LogP contribution in [0.2, 0.25) is 0 Å². The van der Waals surface area contributed by atoms with Crippen LogP contribution in [-0.4, -0.2) is 40.3 Å². The summed E-state index contributed by atoms with van der Waals surface area (Å²) in [6.45, 7) is 4.47. The molecule has 0 saturated carbocycles. The lowest BCUT2D eigenvalue weighted by Gasteiger charge is -2.13. The van der Waals surface area contributed by atoms with Gasteiger partial charge in [-0.25, -0.2) is 9.50 Å². The molecule has 4 heterocycles. The van der Waals surface area contributed by atoms with E-state index in [1.54, 1.807) is 16.9 Å². The normalized spacial score (nSPS) is 16.4. The number of pyridine rings is 2. The highest BCUT2D eigenvalue weighted by Crippen LogP contribution is 2.30. The Morgan fingerprint density at radius 1 is 1.41 bits per heavy atom. The highest BCUT2D eigenvalue weighted by Gasteiger charge is 2.15. The number of rotatable bonds is 6. The molecule has 7 heteroatoms. The Balaban J connectivity index is 1.64. The Kier molecular flexibility index (Phi) is 4.90. The van der Waals surface area contributed by atoms with Crippen molar-refractivity contribution in [1.29, 1.82) is 5.26 Å². The van der Waals surface area contributed by atoms with Gasteiger partial charge in [0, 0.05) is 29.9 Å². The predicted molar refractivity (Wildman–Crippen MR) is 104 cm³/mol. The maximum atomic E-state index is 9.42. The van der Waals surface area contributed by atoms with Gasteiger partial charge in [-0.05, 0) is 44.5 Å².